The van der Waals surface area contributed by atoms with Gasteiger partial charge in [-0.3, -0.25) is 0 Å². The Balaban J connectivity index is 1.21. The van der Waals surface area contributed by atoms with Crippen molar-refractivity contribution >= 4 is 68.6 Å². The lowest BCUT2D eigenvalue weighted by Gasteiger charge is -2.51. The second-order valence-electron chi connectivity index (χ2n) is 30.4. The molecule has 7 aromatic rings. The maximum absolute atomic E-state index is 2.85. The van der Waals surface area contributed by atoms with Gasteiger partial charge in [-0.1, -0.05) is 196 Å². The van der Waals surface area contributed by atoms with E-state index in [2.05, 4.69) is 260 Å². The summed E-state index contributed by atoms with van der Waals surface area (Å²) in [6.07, 6.45) is 8.27. The molecule has 7 aromatic carbocycles. The third-order valence-corrected chi connectivity index (χ3v) is 21.3. The number of rotatable bonds is 4. The minimum atomic E-state index is -0.136. The van der Waals surface area contributed by atoms with Gasteiger partial charge in [-0.05, 0) is 193 Å². The maximum Gasteiger partial charge on any atom is 0.252 e. The summed E-state index contributed by atoms with van der Waals surface area (Å²) in [6, 6.07) is 51.8. The molecule has 3 nitrogen and oxygen atoms in total. The second-order valence-corrected chi connectivity index (χ2v) is 30.4. The summed E-state index contributed by atoms with van der Waals surface area (Å²) in [5.74, 6) is 0. The zero-order valence-electron chi connectivity index (χ0n) is 50.5. The summed E-state index contributed by atoms with van der Waals surface area (Å²) in [6.45, 7) is 41.8. The highest BCUT2D eigenvalue weighted by molar-refractivity contribution is 7.00. The Morgan fingerprint density at radius 2 is 0.949 bits per heavy atom. The van der Waals surface area contributed by atoms with Crippen LogP contribution in [-0.2, 0) is 37.9 Å². The van der Waals surface area contributed by atoms with Gasteiger partial charge in [0.05, 0.1) is 11.2 Å². The van der Waals surface area contributed by atoms with E-state index in [1.807, 2.05) is 0 Å². The zero-order valence-corrected chi connectivity index (χ0v) is 50.5. The molecule has 4 heteroatoms. The molecule has 0 spiro atoms. The second kappa shape index (κ2) is 16.5. The van der Waals surface area contributed by atoms with Gasteiger partial charge in [0, 0.05) is 50.8 Å². The lowest BCUT2D eigenvalue weighted by Crippen LogP contribution is -2.62. The van der Waals surface area contributed by atoms with Gasteiger partial charge >= 0.3 is 0 Å². The first-order chi connectivity index (χ1) is 36.6. The number of hydrogen-bond donors (Lipinski definition) is 0. The molecule has 2 unspecified atom stereocenters. The third kappa shape index (κ3) is 7.28. The molecule has 3 aliphatic carbocycles. The number of aryl methyl sites for hydroxylation is 1. The summed E-state index contributed by atoms with van der Waals surface area (Å²) in [5.41, 5.74) is 28.5. The molecule has 0 saturated heterocycles. The van der Waals surface area contributed by atoms with E-state index in [9.17, 15) is 0 Å². The van der Waals surface area contributed by atoms with Crippen LogP contribution in [0.4, 0.5) is 45.5 Å². The molecule has 1 saturated carbocycles. The topological polar surface area (TPSA) is 9.72 Å². The zero-order chi connectivity index (χ0) is 55.2. The van der Waals surface area contributed by atoms with Crippen molar-refractivity contribution in [3.8, 4) is 11.1 Å². The van der Waals surface area contributed by atoms with Crippen molar-refractivity contribution in [1.82, 2.24) is 0 Å². The fraction of sp³-hybridized carbons (Fsp3) is 0.432. The molecular weight excluding hydrogens is 942 g/mol. The Hall–Kier alpha value is -6.00. The summed E-state index contributed by atoms with van der Waals surface area (Å²) in [5, 5.41) is 0. The van der Waals surface area contributed by atoms with E-state index < -0.39 is 0 Å². The molecule has 0 N–H and O–H groups in total. The van der Waals surface area contributed by atoms with Gasteiger partial charge in [0.2, 0.25) is 0 Å². The van der Waals surface area contributed by atoms with Crippen LogP contribution in [0.2, 0.25) is 0 Å². The van der Waals surface area contributed by atoms with E-state index in [1.165, 1.54) is 150 Å². The standard InChI is InChI=1S/C74H86BN3/c1-46-37-53-55(70(10,11)36-35-69(53,8)9)43-62(46)77-61-32-30-49(68(5,6)7)39-57(61)75-58-42-54-56(72(14,15)45-71(54,12)13)44-63(58)76(59-31-29-48(67(2,3)4)38-51(59)47-25-19-18-20-26-47)64-40-50(41-65(77)66(64)75)78-60-28-22-21-27-52(60)73(16)33-23-24-34-74(73,78)17/h18-22,25-32,37-44H,23-24,33-36,45H2,1-17H3. The van der Waals surface area contributed by atoms with Crippen LogP contribution >= 0.6 is 0 Å². The highest BCUT2D eigenvalue weighted by atomic mass is 15.3. The van der Waals surface area contributed by atoms with E-state index in [4.69, 9.17) is 0 Å². The predicted octanol–water partition coefficient (Wildman–Crippen LogP) is 18.4. The first kappa shape index (κ1) is 51.4. The van der Waals surface area contributed by atoms with Crippen LogP contribution in [0.15, 0.2) is 127 Å². The van der Waals surface area contributed by atoms with Crippen molar-refractivity contribution in [3.05, 3.63) is 172 Å². The smallest absolute Gasteiger partial charge is 0.252 e. The highest BCUT2D eigenvalue weighted by Crippen LogP contribution is 2.63. The van der Waals surface area contributed by atoms with Crippen molar-refractivity contribution < 1.29 is 0 Å². The van der Waals surface area contributed by atoms with E-state index in [0.29, 0.717) is 0 Å². The van der Waals surface area contributed by atoms with Gasteiger partial charge in [-0.15, -0.1) is 0 Å². The molecule has 0 amide bonds. The fourth-order valence-electron chi connectivity index (χ4n) is 16.7. The summed E-state index contributed by atoms with van der Waals surface area (Å²) in [4.78, 5) is 8.39. The number of nitrogens with zero attached hydrogens (tertiary/aromatic N) is 3. The highest BCUT2D eigenvalue weighted by Gasteiger charge is 2.58. The third-order valence-electron chi connectivity index (χ3n) is 21.3. The molecule has 0 bridgehead atoms. The molecule has 2 atom stereocenters. The Kier molecular flexibility index (Phi) is 10.9. The average Bonchev–Trinajstić information content (AvgIpc) is 2.46. The Labute approximate surface area is 470 Å². The van der Waals surface area contributed by atoms with Gasteiger partial charge < -0.3 is 14.7 Å². The normalized spacial score (nSPS) is 22.7. The molecule has 6 aliphatic rings. The van der Waals surface area contributed by atoms with E-state index in [1.54, 1.807) is 0 Å². The summed E-state index contributed by atoms with van der Waals surface area (Å²) in [7, 11) is 0. The van der Waals surface area contributed by atoms with E-state index in [-0.39, 0.29) is 50.2 Å². The van der Waals surface area contributed by atoms with E-state index in [0.717, 1.165) is 12.8 Å². The van der Waals surface area contributed by atoms with Crippen LogP contribution in [0.3, 0.4) is 0 Å². The quantitative estimate of drug-likeness (QED) is 0.163. The largest absolute Gasteiger partial charge is 0.334 e. The SMILES string of the molecule is Cc1cc2c(cc1N1c3ccc(C(C)(C)C)cc3B3c4cc5c(cc4N(c4ccc(C(C)(C)C)cc4-c4ccccc4)c4cc(N6c7ccccc7C7(C)CCCCC67C)cc1c43)C(C)(C)CC5(C)C)C(C)(C)CCC2(C)C. The minimum Gasteiger partial charge on any atom is -0.334 e. The lowest BCUT2D eigenvalue weighted by atomic mass is 9.33. The number of anilines is 8. The van der Waals surface area contributed by atoms with Crippen LogP contribution in [0.25, 0.3) is 11.1 Å². The van der Waals surface area contributed by atoms with Crippen LogP contribution in [-0.4, -0.2) is 12.3 Å². The molecule has 3 aliphatic heterocycles. The van der Waals surface area contributed by atoms with Gasteiger partial charge in [-0.25, -0.2) is 0 Å². The lowest BCUT2D eigenvalue weighted by molar-refractivity contribution is 0.195. The predicted molar refractivity (Wildman–Crippen MR) is 337 cm³/mol. The van der Waals surface area contributed by atoms with Gasteiger partial charge in [0.1, 0.15) is 0 Å². The van der Waals surface area contributed by atoms with Crippen LogP contribution in [0.5, 0.6) is 0 Å². The van der Waals surface area contributed by atoms with Gasteiger partial charge in [-0.2, -0.15) is 0 Å². The fourth-order valence-corrected chi connectivity index (χ4v) is 16.7. The van der Waals surface area contributed by atoms with Gasteiger partial charge in [0.15, 0.2) is 0 Å². The molecule has 13 rings (SSSR count). The van der Waals surface area contributed by atoms with Gasteiger partial charge in [0.25, 0.3) is 6.71 Å². The molecule has 3 heterocycles. The Bertz CT molecular complexity index is 3650. The van der Waals surface area contributed by atoms with Crippen LogP contribution in [0.1, 0.15) is 200 Å². The Morgan fingerprint density at radius 1 is 0.423 bits per heavy atom. The summed E-state index contributed by atoms with van der Waals surface area (Å²) < 4.78 is 0. The monoisotopic (exact) mass is 1030 g/mol. The number of para-hydroxylation sites is 1. The number of hydrogen-bond acceptors (Lipinski definition) is 3. The van der Waals surface area contributed by atoms with Crippen molar-refractivity contribution in [2.75, 3.05) is 14.7 Å². The first-order valence-electron chi connectivity index (χ1n) is 29.9. The van der Waals surface area contributed by atoms with Crippen LogP contribution in [0, 0.1) is 6.92 Å². The van der Waals surface area contributed by atoms with Crippen molar-refractivity contribution in [3.63, 3.8) is 0 Å². The molecule has 0 aromatic heterocycles. The molecule has 1 fully saturated rings. The number of fused-ring (bicyclic) bond motifs is 9. The maximum atomic E-state index is 2.85. The Morgan fingerprint density at radius 3 is 1.60 bits per heavy atom. The molecular formula is C74H86BN3. The van der Waals surface area contributed by atoms with Crippen LogP contribution < -0.4 is 31.1 Å². The number of benzene rings is 7. The van der Waals surface area contributed by atoms with Crippen molar-refractivity contribution in [2.45, 2.75) is 206 Å². The summed E-state index contributed by atoms with van der Waals surface area (Å²) >= 11 is 0. The molecule has 78 heavy (non-hydrogen) atoms. The molecule has 400 valence electrons. The average molecular weight is 1030 g/mol. The molecule has 0 radical (unpaired) electrons. The van der Waals surface area contributed by atoms with Crippen molar-refractivity contribution in [2.24, 2.45) is 0 Å². The van der Waals surface area contributed by atoms with E-state index >= 15 is 0 Å². The minimum absolute atomic E-state index is 0.00252. The van der Waals surface area contributed by atoms with Crippen molar-refractivity contribution in [1.29, 1.82) is 0 Å². The first-order valence-corrected chi connectivity index (χ1v) is 29.9.